The molecule has 1 aromatic carbocycles. The predicted octanol–water partition coefficient (Wildman–Crippen LogP) is 3.49. The first kappa shape index (κ1) is 18.7. The zero-order chi connectivity index (χ0) is 14.1. The number of H-pyrrole nitrogens is 1. The van der Waals surface area contributed by atoms with Crippen molar-refractivity contribution in [1.29, 1.82) is 0 Å². The standard InChI is InChI=1S/C15H18FN3O.2ClH/c1-9(2)20-12-6-10(5-11(16)7-12)15-18-13-3-4-17-8-14(13)19-15;;/h5-7,9,17H,3-4,8H2,1-2H3,(H,18,19);2*1H. The first-order chi connectivity index (χ1) is 9.61. The Morgan fingerprint density at radius 2 is 2.00 bits per heavy atom. The molecule has 0 saturated heterocycles. The van der Waals surface area contributed by atoms with Crippen LogP contribution < -0.4 is 10.1 Å². The number of hydrogen-bond acceptors (Lipinski definition) is 3. The molecule has 2 aromatic rings. The zero-order valence-electron chi connectivity index (χ0n) is 12.5. The van der Waals surface area contributed by atoms with Crippen molar-refractivity contribution in [3.63, 3.8) is 0 Å². The second-order valence-electron chi connectivity index (χ2n) is 5.28. The van der Waals surface area contributed by atoms with Crippen LogP contribution >= 0.6 is 24.8 Å². The lowest BCUT2D eigenvalue weighted by Gasteiger charge is -2.10. The molecular weight excluding hydrogens is 328 g/mol. The molecule has 2 heterocycles. The molecule has 0 bridgehead atoms. The van der Waals surface area contributed by atoms with E-state index in [4.69, 9.17) is 4.74 Å². The van der Waals surface area contributed by atoms with E-state index in [0.717, 1.165) is 36.5 Å². The third-order valence-corrected chi connectivity index (χ3v) is 3.22. The molecule has 4 nitrogen and oxygen atoms in total. The number of ether oxygens (including phenoxy) is 1. The van der Waals surface area contributed by atoms with Crippen LogP contribution in [0.4, 0.5) is 4.39 Å². The molecule has 3 rings (SSSR count). The van der Waals surface area contributed by atoms with Gasteiger partial charge in [0.05, 0.1) is 17.5 Å². The van der Waals surface area contributed by atoms with Gasteiger partial charge in [0.2, 0.25) is 0 Å². The van der Waals surface area contributed by atoms with Crippen LogP contribution in [0.25, 0.3) is 11.4 Å². The summed E-state index contributed by atoms with van der Waals surface area (Å²) >= 11 is 0. The van der Waals surface area contributed by atoms with Gasteiger partial charge in [-0.1, -0.05) is 0 Å². The van der Waals surface area contributed by atoms with Crippen LogP contribution in [-0.2, 0) is 13.0 Å². The summed E-state index contributed by atoms with van der Waals surface area (Å²) in [5.74, 6) is 0.917. The molecule has 0 amide bonds. The van der Waals surface area contributed by atoms with Crippen LogP contribution in [0.5, 0.6) is 5.75 Å². The number of nitrogens with one attached hydrogen (secondary N) is 2. The Morgan fingerprint density at radius 3 is 2.68 bits per heavy atom. The fourth-order valence-electron chi connectivity index (χ4n) is 2.40. The summed E-state index contributed by atoms with van der Waals surface area (Å²) < 4.78 is 19.3. The summed E-state index contributed by atoms with van der Waals surface area (Å²) in [6.45, 7) is 5.55. The lowest BCUT2D eigenvalue weighted by Crippen LogP contribution is -2.23. The van der Waals surface area contributed by atoms with Gasteiger partial charge >= 0.3 is 0 Å². The van der Waals surface area contributed by atoms with Gasteiger partial charge in [0, 0.05) is 31.1 Å². The van der Waals surface area contributed by atoms with E-state index in [1.807, 2.05) is 19.9 Å². The van der Waals surface area contributed by atoms with E-state index in [1.54, 1.807) is 0 Å². The Balaban J connectivity index is 0.00000121. The largest absolute Gasteiger partial charge is 0.491 e. The average Bonchev–Trinajstić information content (AvgIpc) is 2.80. The summed E-state index contributed by atoms with van der Waals surface area (Å²) in [6, 6.07) is 4.69. The van der Waals surface area contributed by atoms with E-state index >= 15 is 0 Å². The van der Waals surface area contributed by atoms with Gasteiger partial charge in [0.15, 0.2) is 0 Å². The fourth-order valence-corrected chi connectivity index (χ4v) is 2.40. The van der Waals surface area contributed by atoms with Crippen molar-refractivity contribution in [2.75, 3.05) is 6.54 Å². The van der Waals surface area contributed by atoms with Crippen LogP contribution in [0.2, 0.25) is 0 Å². The Bertz CT molecular complexity index is 608. The van der Waals surface area contributed by atoms with Crippen molar-refractivity contribution in [2.24, 2.45) is 0 Å². The smallest absolute Gasteiger partial charge is 0.138 e. The quantitative estimate of drug-likeness (QED) is 0.893. The molecule has 2 N–H and O–H groups in total. The number of aromatic nitrogens is 2. The maximum atomic E-state index is 13.7. The van der Waals surface area contributed by atoms with Crippen LogP contribution in [0, 0.1) is 5.82 Å². The highest BCUT2D eigenvalue weighted by atomic mass is 35.5. The van der Waals surface area contributed by atoms with Crippen molar-refractivity contribution in [2.45, 2.75) is 32.9 Å². The first-order valence-corrected chi connectivity index (χ1v) is 6.88. The number of imidazole rings is 1. The minimum absolute atomic E-state index is 0. The molecule has 0 atom stereocenters. The molecule has 0 radical (unpaired) electrons. The number of benzene rings is 1. The van der Waals surface area contributed by atoms with Crippen LogP contribution in [0.3, 0.4) is 0 Å². The molecule has 0 fully saturated rings. The van der Waals surface area contributed by atoms with Crippen molar-refractivity contribution in [3.8, 4) is 17.1 Å². The SMILES string of the molecule is CC(C)Oc1cc(F)cc(-c2nc3c([nH]2)CNCC3)c1.Cl.Cl. The Hall–Kier alpha value is -1.30. The monoisotopic (exact) mass is 347 g/mol. The highest BCUT2D eigenvalue weighted by molar-refractivity contribution is 5.85. The van der Waals surface area contributed by atoms with Gasteiger partial charge in [-0.25, -0.2) is 9.37 Å². The highest BCUT2D eigenvalue weighted by Crippen LogP contribution is 2.26. The molecule has 0 aliphatic carbocycles. The number of hydrogen-bond donors (Lipinski definition) is 2. The van der Waals surface area contributed by atoms with E-state index in [-0.39, 0.29) is 36.7 Å². The molecule has 1 aliphatic rings. The van der Waals surface area contributed by atoms with Gasteiger partial charge in [-0.05, 0) is 26.0 Å². The number of nitrogens with zero attached hydrogens (tertiary/aromatic N) is 1. The third-order valence-electron chi connectivity index (χ3n) is 3.22. The summed E-state index contributed by atoms with van der Waals surface area (Å²) in [6.07, 6.45) is 0.912. The van der Waals surface area contributed by atoms with E-state index in [0.29, 0.717) is 11.6 Å². The molecule has 0 saturated carbocycles. The van der Waals surface area contributed by atoms with Gasteiger partial charge in [-0.15, -0.1) is 24.8 Å². The van der Waals surface area contributed by atoms with Gasteiger partial charge < -0.3 is 15.0 Å². The Kier molecular flexibility index (Phi) is 6.66. The predicted molar refractivity (Wildman–Crippen MR) is 89.7 cm³/mol. The maximum absolute atomic E-state index is 13.7. The topological polar surface area (TPSA) is 49.9 Å². The van der Waals surface area contributed by atoms with E-state index in [1.165, 1.54) is 12.1 Å². The summed E-state index contributed by atoms with van der Waals surface area (Å²) in [7, 11) is 0. The summed E-state index contributed by atoms with van der Waals surface area (Å²) in [4.78, 5) is 7.83. The van der Waals surface area contributed by atoms with Crippen molar-refractivity contribution >= 4 is 24.8 Å². The molecule has 122 valence electrons. The van der Waals surface area contributed by atoms with Gasteiger partial charge in [0.25, 0.3) is 0 Å². The van der Waals surface area contributed by atoms with Crippen LogP contribution in [-0.4, -0.2) is 22.6 Å². The second kappa shape index (κ2) is 7.81. The summed E-state index contributed by atoms with van der Waals surface area (Å²) in [5.41, 5.74) is 2.87. The molecule has 0 spiro atoms. The molecule has 1 aliphatic heterocycles. The second-order valence-corrected chi connectivity index (χ2v) is 5.28. The number of fused-ring (bicyclic) bond motifs is 1. The highest BCUT2D eigenvalue weighted by Gasteiger charge is 2.16. The van der Waals surface area contributed by atoms with Crippen LogP contribution in [0.1, 0.15) is 25.2 Å². The average molecular weight is 348 g/mol. The van der Waals surface area contributed by atoms with Crippen LogP contribution in [0.15, 0.2) is 18.2 Å². The lowest BCUT2D eigenvalue weighted by atomic mass is 10.2. The third kappa shape index (κ3) is 4.12. The minimum Gasteiger partial charge on any atom is -0.491 e. The molecular formula is C15H20Cl2FN3O. The van der Waals surface area contributed by atoms with Gasteiger partial charge in [-0.3, -0.25) is 0 Å². The molecule has 0 unspecified atom stereocenters. The molecule has 7 heteroatoms. The van der Waals surface area contributed by atoms with Crippen molar-refractivity contribution in [3.05, 3.63) is 35.4 Å². The number of aromatic amines is 1. The minimum atomic E-state index is -0.314. The maximum Gasteiger partial charge on any atom is 0.138 e. The normalized spacial score (nSPS) is 13.1. The zero-order valence-corrected chi connectivity index (χ0v) is 14.1. The van der Waals surface area contributed by atoms with Gasteiger partial charge in [-0.2, -0.15) is 0 Å². The lowest BCUT2D eigenvalue weighted by molar-refractivity contribution is 0.241. The number of halogens is 3. The van der Waals surface area contributed by atoms with Crippen molar-refractivity contribution in [1.82, 2.24) is 15.3 Å². The van der Waals surface area contributed by atoms with Crippen molar-refractivity contribution < 1.29 is 9.13 Å². The van der Waals surface area contributed by atoms with E-state index in [2.05, 4.69) is 15.3 Å². The first-order valence-electron chi connectivity index (χ1n) is 6.88. The van der Waals surface area contributed by atoms with E-state index < -0.39 is 0 Å². The Morgan fingerprint density at radius 1 is 1.23 bits per heavy atom. The summed E-state index contributed by atoms with van der Waals surface area (Å²) in [5, 5.41) is 3.28. The molecule has 22 heavy (non-hydrogen) atoms. The Labute approximate surface area is 141 Å². The van der Waals surface area contributed by atoms with E-state index in [9.17, 15) is 4.39 Å². The van der Waals surface area contributed by atoms with Gasteiger partial charge in [0.1, 0.15) is 17.4 Å². The number of rotatable bonds is 3. The fraction of sp³-hybridized carbons (Fsp3) is 0.400. The molecule has 1 aromatic heterocycles.